The lowest BCUT2D eigenvalue weighted by molar-refractivity contribution is 0.0697. The van der Waals surface area contributed by atoms with E-state index in [1.54, 1.807) is 24.3 Å². The van der Waals surface area contributed by atoms with Crippen LogP contribution in [0.2, 0.25) is 10.0 Å². The molecule has 2 rings (SSSR count). The van der Waals surface area contributed by atoms with Gasteiger partial charge in [-0.2, -0.15) is 0 Å². The van der Waals surface area contributed by atoms with Crippen LogP contribution in [0.5, 0.6) is 5.75 Å². The number of carboxylic acids is 1. The number of rotatable bonds is 4. The fourth-order valence-electron chi connectivity index (χ4n) is 1.54. The van der Waals surface area contributed by atoms with Crippen molar-refractivity contribution in [2.24, 2.45) is 0 Å². The zero-order valence-corrected chi connectivity index (χ0v) is 12.3. The lowest BCUT2D eigenvalue weighted by atomic mass is 10.2. The van der Waals surface area contributed by atoms with E-state index in [0.717, 1.165) is 10.4 Å². The topological polar surface area (TPSA) is 46.5 Å². The highest BCUT2D eigenvalue weighted by Crippen LogP contribution is 2.30. The Balaban J connectivity index is 2.14. The van der Waals surface area contributed by atoms with E-state index in [1.165, 1.54) is 11.3 Å². The standard InChI is InChI=1S/C13H10Cl2O3S/c1-7-4-11(12(19-7)13(16)17)18-6-8-2-3-9(14)10(15)5-8/h2-5H,6H2,1H3,(H,16,17). The van der Waals surface area contributed by atoms with Crippen molar-refractivity contribution in [1.29, 1.82) is 0 Å². The zero-order valence-electron chi connectivity index (χ0n) is 9.94. The van der Waals surface area contributed by atoms with Gasteiger partial charge >= 0.3 is 5.97 Å². The molecule has 0 saturated carbocycles. The van der Waals surface area contributed by atoms with Crippen molar-refractivity contribution in [2.75, 3.05) is 0 Å². The van der Waals surface area contributed by atoms with Crippen molar-refractivity contribution in [3.8, 4) is 5.75 Å². The van der Waals surface area contributed by atoms with Crippen LogP contribution in [0.25, 0.3) is 0 Å². The summed E-state index contributed by atoms with van der Waals surface area (Å²) in [4.78, 5) is 12.1. The van der Waals surface area contributed by atoms with Gasteiger partial charge in [-0.05, 0) is 30.7 Å². The third kappa shape index (κ3) is 3.41. The monoisotopic (exact) mass is 316 g/mol. The first kappa shape index (κ1) is 14.2. The number of aromatic carboxylic acids is 1. The minimum Gasteiger partial charge on any atom is -0.487 e. The van der Waals surface area contributed by atoms with Gasteiger partial charge in [0, 0.05) is 4.88 Å². The van der Waals surface area contributed by atoms with E-state index in [1.807, 2.05) is 6.92 Å². The molecule has 100 valence electrons. The van der Waals surface area contributed by atoms with Crippen molar-refractivity contribution < 1.29 is 14.6 Å². The normalized spacial score (nSPS) is 10.5. The number of hydrogen-bond acceptors (Lipinski definition) is 3. The molecule has 0 amide bonds. The van der Waals surface area contributed by atoms with Gasteiger partial charge in [-0.1, -0.05) is 29.3 Å². The molecule has 1 aromatic carbocycles. The molecule has 0 aliphatic rings. The Kier molecular flexibility index (Phi) is 4.34. The Bertz CT molecular complexity index is 622. The van der Waals surface area contributed by atoms with E-state index < -0.39 is 5.97 Å². The molecule has 0 fully saturated rings. The van der Waals surface area contributed by atoms with Crippen molar-refractivity contribution in [3.63, 3.8) is 0 Å². The van der Waals surface area contributed by atoms with Crippen molar-refractivity contribution >= 4 is 40.5 Å². The molecule has 0 unspecified atom stereocenters. The van der Waals surface area contributed by atoms with E-state index in [4.69, 9.17) is 33.0 Å². The average Bonchev–Trinajstić information content (AvgIpc) is 2.72. The van der Waals surface area contributed by atoms with Crippen LogP contribution < -0.4 is 4.74 Å². The van der Waals surface area contributed by atoms with E-state index in [-0.39, 0.29) is 11.5 Å². The number of halogens is 2. The largest absolute Gasteiger partial charge is 0.487 e. The maximum atomic E-state index is 11.0. The molecule has 0 aliphatic heterocycles. The minimum atomic E-state index is -0.984. The van der Waals surface area contributed by atoms with Gasteiger partial charge in [-0.3, -0.25) is 0 Å². The molecule has 0 saturated heterocycles. The number of benzene rings is 1. The fraction of sp³-hybridized carbons (Fsp3) is 0.154. The molecule has 1 N–H and O–H groups in total. The maximum Gasteiger partial charge on any atom is 0.349 e. The molecule has 1 heterocycles. The Morgan fingerprint density at radius 3 is 2.68 bits per heavy atom. The van der Waals surface area contributed by atoms with Gasteiger partial charge in [0.15, 0.2) is 4.88 Å². The molecular weight excluding hydrogens is 307 g/mol. The molecule has 0 aliphatic carbocycles. The molecule has 0 radical (unpaired) electrons. The van der Waals surface area contributed by atoms with Crippen LogP contribution in [0.3, 0.4) is 0 Å². The van der Waals surface area contributed by atoms with Crippen LogP contribution in [0, 0.1) is 6.92 Å². The lowest BCUT2D eigenvalue weighted by Gasteiger charge is -2.06. The molecule has 2 aromatic rings. The summed E-state index contributed by atoms with van der Waals surface area (Å²) in [7, 11) is 0. The SMILES string of the molecule is Cc1cc(OCc2ccc(Cl)c(Cl)c2)c(C(=O)O)s1. The third-order valence-electron chi connectivity index (χ3n) is 2.39. The van der Waals surface area contributed by atoms with Gasteiger partial charge in [-0.25, -0.2) is 4.79 Å². The van der Waals surface area contributed by atoms with Crippen LogP contribution in [0.4, 0.5) is 0 Å². The molecular formula is C13H10Cl2O3S. The summed E-state index contributed by atoms with van der Waals surface area (Å²) in [6.07, 6.45) is 0. The minimum absolute atomic E-state index is 0.206. The number of aryl methyl sites for hydroxylation is 1. The second-order valence-corrected chi connectivity index (χ2v) is 5.96. The van der Waals surface area contributed by atoms with Crippen LogP contribution >= 0.6 is 34.5 Å². The summed E-state index contributed by atoms with van der Waals surface area (Å²) >= 11 is 12.9. The Morgan fingerprint density at radius 2 is 2.05 bits per heavy atom. The number of thiophene rings is 1. The van der Waals surface area contributed by atoms with Gasteiger partial charge in [0.05, 0.1) is 10.0 Å². The summed E-state index contributed by atoms with van der Waals surface area (Å²) in [6, 6.07) is 6.88. The Hall–Kier alpha value is -1.23. The third-order valence-corrected chi connectivity index (χ3v) is 4.15. The van der Waals surface area contributed by atoms with Crippen molar-refractivity contribution in [1.82, 2.24) is 0 Å². The fourth-order valence-corrected chi connectivity index (χ4v) is 2.65. The van der Waals surface area contributed by atoms with Gasteiger partial charge in [0.2, 0.25) is 0 Å². The zero-order chi connectivity index (χ0) is 14.0. The summed E-state index contributed by atoms with van der Waals surface area (Å²) in [5.41, 5.74) is 0.828. The first-order valence-corrected chi connectivity index (χ1v) is 6.95. The maximum absolute atomic E-state index is 11.0. The van der Waals surface area contributed by atoms with E-state index >= 15 is 0 Å². The van der Waals surface area contributed by atoms with Gasteiger partial charge in [0.1, 0.15) is 12.4 Å². The van der Waals surface area contributed by atoms with Gasteiger partial charge in [0.25, 0.3) is 0 Å². The molecule has 19 heavy (non-hydrogen) atoms. The van der Waals surface area contributed by atoms with Crippen LogP contribution in [-0.2, 0) is 6.61 Å². The van der Waals surface area contributed by atoms with Gasteiger partial charge in [-0.15, -0.1) is 11.3 Å². The summed E-state index contributed by atoms with van der Waals surface area (Å²) < 4.78 is 5.53. The summed E-state index contributed by atoms with van der Waals surface area (Å²) in [6.45, 7) is 2.08. The number of hydrogen-bond donors (Lipinski definition) is 1. The average molecular weight is 317 g/mol. The molecule has 6 heteroatoms. The first-order chi connectivity index (χ1) is 8.97. The van der Waals surface area contributed by atoms with E-state index in [9.17, 15) is 4.79 Å². The highest BCUT2D eigenvalue weighted by atomic mass is 35.5. The smallest absolute Gasteiger partial charge is 0.349 e. The quantitative estimate of drug-likeness (QED) is 0.893. The highest BCUT2D eigenvalue weighted by molar-refractivity contribution is 7.14. The number of carboxylic acid groups (broad SMARTS) is 1. The molecule has 0 atom stereocenters. The second kappa shape index (κ2) is 5.82. The molecule has 0 bridgehead atoms. The van der Waals surface area contributed by atoms with Crippen molar-refractivity contribution in [2.45, 2.75) is 13.5 Å². The van der Waals surface area contributed by atoms with Crippen LogP contribution in [0.15, 0.2) is 24.3 Å². The summed E-state index contributed by atoms with van der Waals surface area (Å²) in [5.74, 6) is -0.608. The summed E-state index contributed by atoms with van der Waals surface area (Å²) in [5, 5.41) is 9.97. The van der Waals surface area contributed by atoms with Gasteiger partial charge < -0.3 is 9.84 Å². The van der Waals surface area contributed by atoms with Crippen LogP contribution in [-0.4, -0.2) is 11.1 Å². The second-order valence-electron chi connectivity index (χ2n) is 3.89. The molecule has 0 spiro atoms. The molecule has 1 aromatic heterocycles. The first-order valence-electron chi connectivity index (χ1n) is 5.38. The van der Waals surface area contributed by atoms with Crippen molar-refractivity contribution in [3.05, 3.63) is 49.6 Å². The van der Waals surface area contributed by atoms with E-state index in [0.29, 0.717) is 15.8 Å². The number of carbonyl (C=O) groups is 1. The Labute approximate surface area is 124 Å². The molecule has 3 nitrogen and oxygen atoms in total. The predicted octanol–water partition coefficient (Wildman–Crippen LogP) is 4.64. The van der Waals surface area contributed by atoms with Crippen LogP contribution in [0.1, 0.15) is 20.1 Å². The predicted molar refractivity (Wildman–Crippen MR) is 76.8 cm³/mol. The van der Waals surface area contributed by atoms with E-state index in [2.05, 4.69) is 0 Å². The lowest BCUT2D eigenvalue weighted by Crippen LogP contribution is -2.00. The Morgan fingerprint density at radius 1 is 1.32 bits per heavy atom. The highest BCUT2D eigenvalue weighted by Gasteiger charge is 2.15. The number of ether oxygens (including phenoxy) is 1.